The van der Waals surface area contributed by atoms with Crippen LogP contribution in [-0.4, -0.2) is 36.1 Å². The number of nitrogens with zero attached hydrogens (tertiary/aromatic N) is 1. The van der Waals surface area contributed by atoms with E-state index in [9.17, 15) is 0 Å². The molecular formula is C18H36N2. The third-order valence-corrected chi connectivity index (χ3v) is 5.83. The molecule has 0 spiro atoms. The van der Waals surface area contributed by atoms with E-state index in [1.807, 2.05) is 0 Å². The summed E-state index contributed by atoms with van der Waals surface area (Å²) in [6, 6.07) is 0.720. The van der Waals surface area contributed by atoms with Crippen LogP contribution in [0.3, 0.4) is 0 Å². The van der Waals surface area contributed by atoms with Crippen molar-refractivity contribution in [3.8, 4) is 0 Å². The average Bonchev–Trinajstić information content (AvgIpc) is 3.13. The first-order chi connectivity index (χ1) is 9.73. The van der Waals surface area contributed by atoms with Gasteiger partial charge in [-0.2, -0.15) is 0 Å². The summed E-state index contributed by atoms with van der Waals surface area (Å²) in [6.45, 7) is 11.0. The summed E-state index contributed by atoms with van der Waals surface area (Å²) in [7, 11) is 0. The molecule has 0 amide bonds. The Hall–Kier alpha value is -0.0800. The van der Waals surface area contributed by atoms with Gasteiger partial charge in [0, 0.05) is 11.6 Å². The average molecular weight is 280 g/mol. The van der Waals surface area contributed by atoms with Gasteiger partial charge in [0.2, 0.25) is 0 Å². The molecule has 0 aromatic heterocycles. The van der Waals surface area contributed by atoms with E-state index in [-0.39, 0.29) is 0 Å². The molecule has 2 atom stereocenters. The van der Waals surface area contributed by atoms with Gasteiger partial charge < -0.3 is 5.32 Å². The number of hydrogen-bond donors (Lipinski definition) is 1. The summed E-state index contributed by atoms with van der Waals surface area (Å²) in [5.74, 6) is 0.851. The lowest BCUT2D eigenvalue weighted by atomic mass is 9.80. The molecule has 20 heavy (non-hydrogen) atoms. The first-order valence-corrected chi connectivity index (χ1v) is 9.21. The highest BCUT2D eigenvalue weighted by molar-refractivity contribution is 5.05. The summed E-state index contributed by atoms with van der Waals surface area (Å²) < 4.78 is 0. The molecule has 1 saturated carbocycles. The molecule has 2 unspecified atom stereocenters. The van der Waals surface area contributed by atoms with E-state index in [0.29, 0.717) is 5.54 Å². The van der Waals surface area contributed by atoms with Gasteiger partial charge in [-0.05, 0) is 64.1 Å². The van der Waals surface area contributed by atoms with Crippen molar-refractivity contribution in [1.29, 1.82) is 0 Å². The molecule has 2 fully saturated rings. The number of nitrogens with one attached hydrogen (secondary N) is 1. The Kier molecular flexibility index (Phi) is 6.35. The van der Waals surface area contributed by atoms with Crippen molar-refractivity contribution in [3.63, 3.8) is 0 Å². The van der Waals surface area contributed by atoms with Gasteiger partial charge in [0.1, 0.15) is 0 Å². The zero-order valence-electron chi connectivity index (χ0n) is 14.1. The molecule has 2 aliphatic rings. The third kappa shape index (κ3) is 3.57. The molecule has 118 valence electrons. The molecule has 1 aliphatic heterocycles. The fourth-order valence-corrected chi connectivity index (χ4v) is 4.42. The molecule has 0 radical (unpaired) electrons. The van der Waals surface area contributed by atoms with Gasteiger partial charge in [-0.15, -0.1) is 0 Å². The van der Waals surface area contributed by atoms with Crippen molar-refractivity contribution in [2.45, 2.75) is 90.1 Å². The summed E-state index contributed by atoms with van der Waals surface area (Å²) in [5.41, 5.74) is 0.495. The zero-order chi connectivity index (χ0) is 14.4. The zero-order valence-corrected chi connectivity index (χ0v) is 14.1. The van der Waals surface area contributed by atoms with Crippen LogP contribution >= 0.6 is 0 Å². The summed E-state index contributed by atoms with van der Waals surface area (Å²) >= 11 is 0. The predicted molar refractivity (Wildman–Crippen MR) is 88.2 cm³/mol. The molecule has 1 aliphatic carbocycles. The molecule has 2 heteroatoms. The molecule has 0 aromatic rings. The van der Waals surface area contributed by atoms with Crippen LogP contribution in [0.2, 0.25) is 0 Å². The largest absolute Gasteiger partial charge is 0.312 e. The minimum absolute atomic E-state index is 0.495. The Morgan fingerprint density at radius 1 is 1.05 bits per heavy atom. The second-order valence-electron chi connectivity index (χ2n) is 7.26. The highest BCUT2D eigenvalue weighted by Gasteiger charge is 2.46. The maximum Gasteiger partial charge on any atom is 0.0362 e. The van der Waals surface area contributed by atoms with E-state index in [0.717, 1.165) is 12.0 Å². The van der Waals surface area contributed by atoms with Crippen LogP contribution in [0.4, 0.5) is 0 Å². The monoisotopic (exact) mass is 280 g/mol. The van der Waals surface area contributed by atoms with E-state index in [2.05, 4.69) is 31.0 Å². The first-order valence-electron chi connectivity index (χ1n) is 9.21. The van der Waals surface area contributed by atoms with Gasteiger partial charge in [0.15, 0.2) is 0 Å². The molecule has 0 aromatic carbocycles. The second kappa shape index (κ2) is 7.79. The Labute approximate surface area is 126 Å². The van der Waals surface area contributed by atoms with E-state index < -0.39 is 0 Å². The SMILES string of the molecule is CCCNC(CC(C)CC)C1(N2CCCC2)CCCC1. The van der Waals surface area contributed by atoms with Crippen molar-refractivity contribution < 1.29 is 0 Å². The maximum absolute atomic E-state index is 3.95. The summed E-state index contributed by atoms with van der Waals surface area (Å²) in [5, 5.41) is 3.95. The lowest BCUT2D eigenvalue weighted by Crippen LogP contribution is -2.59. The topological polar surface area (TPSA) is 15.3 Å². The quantitative estimate of drug-likeness (QED) is 0.717. The van der Waals surface area contributed by atoms with E-state index >= 15 is 0 Å². The van der Waals surface area contributed by atoms with E-state index in [1.165, 1.54) is 77.4 Å². The lowest BCUT2D eigenvalue weighted by molar-refractivity contribution is 0.0663. The third-order valence-electron chi connectivity index (χ3n) is 5.83. The van der Waals surface area contributed by atoms with Crippen LogP contribution in [0.15, 0.2) is 0 Å². The molecule has 2 nitrogen and oxygen atoms in total. The van der Waals surface area contributed by atoms with Crippen LogP contribution in [0.25, 0.3) is 0 Å². The van der Waals surface area contributed by atoms with Crippen LogP contribution in [0, 0.1) is 5.92 Å². The minimum atomic E-state index is 0.495. The Balaban J connectivity index is 2.11. The fraction of sp³-hybridized carbons (Fsp3) is 1.00. The molecule has 2 rings (SSSR count). The molecular weight excluding hydrogens is 244 g/mol. The molecule has 1 N–H and O–H groups in total. The highest BCUT2D eigenvalue weighted by Crippen LogP contribution is 2.42. The molecule has 1 heterocycles. The van der Waals surface area contributed by atoms with Crippen molar-refractivity contribution in [3.05, 3.63) is 0 Å². The Bertz CT molecular complexity index is 265. The van der Waals surface area contributed by atoms with Gasteiger partial charge in [-0.1, -0.05) is 40.0 Å². The van der Waals surface area contributed by atoms with Gasteiger partial charge >= 0.3 is 0 Å². The summed E-state index contributed by atoms with van der Waals surface area (Å²) in [6.07, 6.45) is 12.6. The number of hydrogen-bond acceptors (Lipinski definition) is 2. The van der Waals surface area contributed by atoms with E-state index in [4.69, 9.17) is 0 Å². The van der Waals surface area contributed by atoms with Crippen LogP contribution < -0.4 is 5.32 Å². The van der Waals surface area contributed by atoms with Crippen LogP contribution in [-0.2, 0) is 0 Å². The maximum atomic E-state index is 3.95. The van der Waals surface area contributed by atoms with Gasteiger partial charge in [-0.25, -0.2) is 0 Å². The van der Waals surface area contributed by atoms with Crippen LogP contribution in [0.5, 0.6) is 0 Å². The van der Waals surface area contributed by atoms with Crippen LogP contribution in [0.1, 0.15) is 78.6 Å². The van der Waals surface area contributed by atoms with Crippen molar-refractivity contribution in [2.75, 3.05) is 19.6 Å². The Morgan fingerprint density at radius 3 is 2.25 bits per heavy atom. The first kappa shape index (κ1) is 16.3. The molecule has 1 saturated heterocycles. The number of rotatable bonds is 8. The smallest absolute Gasteiger partial charge is 0.0362 e. The Morgan fingerprint density at radius 2 is 1.70 bits per heavy atom. The number of likely N-dealkylation sites (tertiary alicyclic amines) is 1. The highest BCUT2D eigenvalue weighted by atomic mass is 15.2. The lowest BCUT2D eigenvalue weighted by Gasteiger charge is -2.46. The minimum Gasteiger partial charge on any atom is -0.312 e. The van der Waals surface area contributed by atoms with Gasteiger partial charge in [0.25, 0.3) is 0 Å². The van der Waals surface area contributed by atoms with E-state index in [1.54, 1.807) is 0 Å². The standard InChI is InChI=1S/C18H36N2/c1-4-12-19-17(15-16(3)5-2)18(10-6-7-11-18)20-13-8-9-14-20/h16-17,19H,4-15H2,1-3H3. The van der Waals surface area contributed by atoms with Crippen molar-refractivity contribution in [1.82, 2.24) is 10.2 Å². The fourth-order valence-electron chi connectivity index (χ4n) is 4.42. The van der Waals surface area contributed by atoms with Crippen molar-refractivity contribution in [2.24, 2.45) is 5.92 Å². The molecule has 0 bridgehead atoms. The normalized spacial score (nSPS) is 25.9. The van der Waals surface area contributed by atoms with Gasteiger partial charge in [0.05, 0.1) is 0 Å². The van der Waals surface area contributed by atoms with Crippen molar-refractivity contribution >= 4 is 0 Å². The van der Waals surface area contributed by atoms with Gasteiger partial charge in [-0.3, -0.25) is 4.90 Å². The summed E-state index contributed by atoms with van der Waals surface area (Å²) in [4.78, 5) is 2.87. The predicted octanol–water partition coefficient (Wildman–Crippen LogP) is 4.20. The second-order valence-corrected chi connectivity index (χ2v) is 7.26.